The van der Waals surface area contributed by atoms with Crippen LogP contribution in [0.3, 0.4) is 0 Å². The first-order valence-electron chi connectivity index (χ1n) is 5.55. The molecular weight excluding hydrogens is 176 g/mol. The molecular formula is C11H22N2O. The molecule has 2 saturated heterocycles. The Morgan fingerprint density at radius 2 is 2.07 bits per heavy atom. The highest BCUT2D eigenvalue weighted by molar-refractivity contribution is 4.96. The first-order valence-corrected chi connectivity index (χ1v) is 5.55. The highest BCUT2D eigenvalue weighted by Gasteiger charge is 2.40. The van der Waals surface area contributed by atoms with Gasteiger partial charge in [0.15, 0.2) is 0 Å². The lowest BCUT2D eigenvalue weighted by Gasteiger charge is -2.25. The molecule has 14 heavy (non-hydrogen) atoms. The summed E-state index contributed by atoms with van der Waals surface area (Å²) in [6, 6.07) is 0.593. The van der Waals surface area contributed by atoms with Crippen molar-refractivity contribution in [1.82, 2.24) is 4.90 Å². The smallest absolute Gasteiger partial charge is 0.0643 e. The monoisotopic (exact) mass is 198 g/mol. The Kier molecular flexibility index (Phi) is 2.37. The SMILES string of the molecule is CC1(N)CCN(C2COC(C)(C)C2)C1. The third-order valence-corrected chi connectivity index (χ3v) is 3.44. The van der Waals surface area contributed by atoms with Crippen LogP contribution in [0.25, 0.3) is 0 Å². The van der Waals surface area contributed by atoms with E-state index < -0.39 is 0 Å². The van der Waals surface area contributed by atoms with Crippen LogP contribution in [0.15, 0.2) is 0 Å². The molecule has 2 aliphatic rings. The summed E-state index contributed by atoms with van der Waals surface area (Å²) in [4.78, 5) is 2.49. The van der Waals surface area contributed by atoms with Crippen molar-refractivity contribution in [3.63, 3.8) is 0 Å². The summed E-state index contributed by atoms with van der Waals surface area (Å²) in [5.74, 6) is 0. The lowest BCUT2D eigenvalue weighted by Crippen LogP contribution is -2.42. The highest BCUT2D eigenvalue weighted by Crippen LogP contribution is 2.31. The fourth-order valence-corrected chi connectivity index (χ4v) is 2.57. The molecule has 0 bridgehead atoms. The number of nitrogens with two attached hydrogens (primary N) is 1. The molecule has 2 fully saturated rings. The number of hydrogen-bond acceptors (Lipinski definition) is 3. The van der Waals surface area contributed by atoms with Gasteiger partial charge in [0.2, 0.25) is 0 Å². The van der Waals surface area contributed by atoms with Crippen LogP contribution in [0.1, 0.15) is 33.6 Å². The molecule has 3 nitrogen and oxygen atoms in total. The number of ether oxygens (including phenoxy) is 1. The van der Waals surface area contributed by atoms with Gasteiger partial charge >= 0.3 is 0 Å². The van der Waals surface area contributed by atoms with E-state index in [-0.39, 0.29) is 11.1 Å². The van der Waals surface area contributed by atoms with Crippen molar-refractivity contribution in [2.45, 2.75) is 50.8 Å². The Balaban J connectivity index is 1.93. The summed E-state index contributed by atoms with van der Waals surface area (Å²) < 4.78 is 5.75. The van der Waals surface area contributed by atoms with Crippen molar-refractivity contribution >= 4 is 0 Å². The topological polar surface area (TPSA) is 38.5 Å². The van der Waals surface area contributed by atoms with Gasteiger partial charge in [-0.25, -0.2) is 0 Å². The van der Waals surface area contributed by atoms with Gasteiger partial charge in [0.1, 0.15) is 0 Å². The number of likely N-dealkylation sites (tertiary alicyclic amines) is 1. The Morgan fingerprint density at radius 1 is 1.36 bits per heavy atom. The van der Waals surface area contributed by atoms with Gasteiger partial charge in [0, 0.05) is 24.7 Å². The minimum absolute atomic E-state index is 0.0206. The fourth-order valence-electron chi connectivity index (χ4n) is 2.57. The van der Waals surface area contributed by atoms with Crippen molar-refractivity contribution in [1.29, 1.82) is 0 Å². The largest absolute Gasteiger partial charge is 0.374 e. The molecule has 0 spiro atoms. The van der Waals surface area contributed by atoms with Gasteiger partial charge in [0.05, 0.1) is 12.2 Å². The zero-order valence-electron chi connectivity index (χ0n) is 9.55. The molecule has 0 aromatic heterocycles. The van der Waals surface area contributed by atoms with Gasteiger partial charge in [-0.2, -0.15) is 0 Å². The van der Waals surface area contributed by atoms with Crippen molar-refractivity contribution in [2.24, 2.45) is 5.73 Å². The Labute approximate surface area is 86.6 Å². The van der Waals surface area contributed by atoms with E-state index in [2.05, 4.69) is 25.7 Å². The Hall–Kier alpha value is -0.120. The van der Waals surface area contributed by atoms with E-state index in [1.807, 2.05) is 0 Å². The van der Waals surface area contributed by atoms with E-state index in [9.17, 15) is 0 Å². The van der Waals surface area contributed by atoms with E-state index >= 15 is 0 Å². The van der Waals surface area contributed by atoms with Gasteiger partial charge in [-0.1, -0.05) is 0 Å². The number of rotatable bonds is 1. The zero-order valence-corrected chi connectivity index (χ0v) is 9.55. The van der Waals surface area contributed by atoms with Crippen LogP contribution in [0, 0.1) is 0 Å². The van der Waals surface area contributed by atoms with Crippen LogP contribution < -0.4 is 5.73 Å². The Morgan fingerprint density at radius 3 is 2.50 bits per heavy atom. The standard InChI is InChI=1S/C11H22N2O/c1-10(2)6-9(7-14-10)13-5-4-11(3,12)8-13/h9H,4-8,12H2,1-3H3. The van der Waals surface area contributed by atoms with Crippen LogP contribution in [-0.4, -0.2) is 41.8 Å². The third-order valence-electron chi connectivity index (χ3n) is 3.44. The number of hydrogen-bond donors (Lipinski definition) is 1. The summed E-state index contributed by atoms with van der Waals surface area (Å²) in [7, 11) is 0. The van der Waals surface area contributed by atoms with Gasteiger partial charge in [-0.15, -0.1) is 0 Å². The maximum atomic E-state index is 6.12. The van der Waals surface area contributed by atoms with Crippen molar-refractivity contribution in [2.75, 3.05) is 19.7 Å². The van der Waals surface area contributed by atoms with Gasteiger partial charge in [0.25, 0.3) is 0 Å². The average Bonchev–Trinajstić information content (AvgIpc) is 2.54. The summed E-state index contributed by atoms with van der Waals surface area (Å²) >= 11 is 0. The first kappa shape index (κ1) is 10.4. The zero-order chi connectivity index (χ0) is 10.4. The first-order chi connectivity index (χ1) is 6.38. The van der Waals surface area contributed by atoms with Crippen LogP contribution in [0.4, 0.5) is 0 Å². The van der Waals surface area contributed by atoms with E-state index in [1.165, 1.54) is 0 Å². The molecule has 0 saturated carbocycles. The van der Waals surface area contributed by atoms with Crippen molar-refractivity contribution in [3.05, 3.63) is 0 Å². The van der Waals surface area contributed by atoms with Gasteiger partial charge < -0.3 is 10.5 Å². The second-order valence-corrected chi connectivity index (χ2v) is 5.80. The van der Waals surface area contributed by atoms with Crippen molar-refractivity contribution in [3.8, 4) is 0 Å². The maximum absolute atomic E-state index is 6.12. The van der Waals surface area contributed by atoms with Crippen LogP contribution in [0.2, 0.25) is 0 Å². The average molecular weight is 198 g/mol. The van der Waals surface area contributed by atoms with E-state index in [4.69, 9.17) is 10.5 Å². The van der Waals surface area contributed by atoms with Gasteiger partial charge in [-0.3, -0.25) is 4.90 Å². The lowest BCUT2D eigenvalue weighted by molar-refractivity contribution is 0.0334. The summed E-state index contributed by atoms with van der Waals surface area (Å²) in [5, 5.41) is 0. The van der Waals surface area contributed by atoms with Crippen molar-refractivity contribution < 1.29 is 4.74 Å². The summed E-state index contributed by atoms with van der Waals surface area (Å²) in [6.07, 6.45) is 2.26. The van der Waals surface area contributed by atoms with E-state index in [0.29, 0.717) is 6.04 Å². The molecule has 0 aromatic rings. The Bertz CT molecular complexity index is 201. The second kappa shape index (κ2) is 3.19. The quantitative estimate of drug-likeness (QED) is 0.682. The molecule has 2 atom stereocenters. The van der Waals surface area contributed by atoms with E-state index in [0.717, 1.165) is 32.5 Å². The van der Waals surface area contributed by atoms with Crippen LogP contribution >= 0.6 is 0 Å². The number of nitrogens with zero attached hydrogens (tertiary/aromatic N) is 1. The molecule has 2 unspecified atom stereocenters. The third kappa shape index (κ3) is 2.10. The normalized spacial score (nSPS) is 43.3. The summed E-state index contributed by atoms with van der Waals surface area (Å²) in [6.45, 7) is 9.53. The molecule has 3 heteroatoms. The molecule has 2 N–H and O–H groups in total. The van der Waals surface area contributed by atoms with Gasteiger partial charge in [-0.05, 0) is 33.6 Å². The molecule has 82 valence electrons. The predicted molar refractivity (Wildman–Crippen MR) is 57.2 cm³/mol. The minimum Gasteiger partial charge on any atom is -0.374 e. The molecule has 0 aromatic carbocycles. The van der Waals surface area contributed by atoms with Crippen LogP contribution in [-0.2, 0) is 4.74 Å². The molecule has 2 aliphatic heterocycles. The molecule has 0 amide bonds. The highest BCUT2D eigenvalue weighted by atomic mass is 16.5. The predicted octanol–water partition coefficient (Wildman–Crippen LogP) is 0.977. The van der Waals surface area contributed by atoms with Crippen LogP contribution in [0.5, 0.6) is 0 Å². The molecule has 2 rings (SSSR count). The molecule has 2 heterocycles. The van der Waals surface area contributed by atoms with E-state index in [1.54, 1.807) is 0 Å². The second-order valence-electron chi connectivity index (χ2n) is 5.80. The minimum atomic E-state index is 0.0206. The molecule has 0 aliphatic carbocycles. The lowest BCUT2D eigenvalue weighted by atomic mass is 10.0. The fraction of sp³-hybridized carbons (Fsp3) is 1.00. The molecule has 0 radical (unpaired) electrons. The summed E-state index contributed by atoms with van der Waals surface area (Å²) in [5.41, 5.74) is 6.21. The maximum Gasteiger partial charge on any atom is 0.0643 e.